The summed E-state index contributed by atoms with van der Waals surface area (Å²) in [6.07, 6.45) is 0.662. The maximum atomic E-state index is 13.7. The summed E-state index contributed by atoms with van der Waals surface area (Å²) >= 11 is 0. The van der Waals surface area contributed by atoms with Gasteiger partial charge in [-0.05, 0) is 64.9 Å². The molecule has 0 bridgehead atoms. The zero-order valence-corrected chi connectivity index (χ0v) is 21.8. The maximum absolute atomic E-state index is 13.7. The van der Waals surface area contributed by atoms with Crippen molar-refractivity contribution >= 4 is 11.6 Å². The lowest BCUT2D eigenvalue weighted by atomic mass is 9.86. The van der Waals surface area contributed by atoms with E-state index in [2.05, 4.69) is 20.8 Å². The van der Waals surface area contributed by atoms with E-state index in [9.17, 15) is 14.9 Å². The zero-order valence-electron chi connectivity index (χ0n) is 21.8. The lowest BCUT2D eigenvalue weighted by Gasteiger charge is -2.37. The monoisotopic (exact) mass is 504 g/mol. The lowest BCUT2D eigenvalue weighted by Crippen LogP contribution is -2.42. The van der Waals surface area contributed by atoms with Gasteiger partial charge in [-0.1, -0.05) is 32.9 Å². The van der Waals surface area contributed by atoms with E-state index in [4.69, 9.17) is 14.2 Å². The second-order valence-electron chi connectivity index (χ2n) is 10.1. The Morgan fingerprint density at radius 1 is 1.00 bits per heavy atom. The number of amides is 1. The molecule has 8 nitrogen and oxygen atoms in total. The third kappa shape index (κ3) is 5.53. The molecule has 0 fully saturated rings. The van der Waals surface area contributed by atoms with E-state index < -0.39 is 11.0 Å². The Kier molecular flexibility index (Phi) is 7.38. The molecule has 1 unspecified atom stereocenters. The number of nitrogens with zero attached hydrogens (tertiary/aromatic N) is 2. The van der Waals surface area contributed by atoms with E-state index >= 15 is 0 Å². The van der Waals surface area contributed by atoms with Gasteiger partial charge < -0.3 is 19.1 Å². The van der Waals surface area contributed by atoms with Gasteiger partial charge in [-0.2, -0.15) is 0 Å². The minimum Gasteiger partial charge on any atom is -0.493 e. The molecule has 1 amide bonds. The highest BCUT2D eigenvalue weighted by Gasteiger charge is 2.33. The first-order chi connectivity index (χ1) is 17.6. The summed E-state index contributed by atoms with van der Waals surface area (Å²) in [6, 6.07) is 17.1. The summed E-state index contributed by atoms with van der Waals surface area (Å²) < 4.78 is 17.1. The van der Waals surface area contributed by atoms with Crippen molar-refractivity contribution < 1.29 is 23.9 Å². The average molecular weight is 505 g/mol. The standard InChI is InChI=1S/C29H32N2O6/c1-29(2,3)21-8-6-19(7-9-21)28(32)30-15-14-20-16-26(35-4)27(36-5)17-24(20)25(30)18-37-23-12-10-22(11-13-23)31(33)34/h6-13,16-17,25H,14-15,18H2,1-5H3. The molecular weight excluding hydrogens is 472 g/mol. The van der Waals surface area contributed by atoms with Gasteiger partial charge in [0.25, 0.3) is 11.6 Å². The Balaban J connectivity index is 1.67. The Hall–Kier alpha value is -4.07. The van der Waals surface area contributed by atoms with Gasteiger partial charge in [0.15, 0.2) is 11.5 Å². The van der Waals surface area contributed by atoms with Gasteiger partial charge in [0, 0.05) is 24.2 Å². The third-order valence-electron chi connectivity index (χ3n) is 6.72. The fourth-order valence-electron chi connectivity index (χ4n) is 4.57. The summed E-state index contributed by atoms with van der Waals surface area (Å²) in [5, 5.41) is 11.0. The van der Waals surface area contributed by atoms with Crippen LogP contribution >= 0.6 is 0 Å². The molecule has 194 valence electrons. The zero-order chi connectivity index (χ0) is 26.7. The van der Waals surface area contributed by atoms with Crippen LogP contribution in [-0.4, -0.2) is 43.1 Å². The van der Waals surface area contributed by atoms with Crippen molar-refractivity contribution in [2.75, 3.05) is 27.4 Å². The van der Waals surface area contributed by atoms with Crippen LogP contribution in [0, 0.1) is 10.1 Å². The van der Waals surface area contributed by atoms with E-state index in [0.717, 1.165) is 16.7 Å². The SMILES string of the molecule is COc1cc2c(cc1OC)C(COc1ccc([N+](=O)[O-])cc1)N(C(=O)c1ccc(C(C)(C)C)cc1)CC2. The van der Waals surface area contributed by atoms with Crippen molar-refractivity contribution in [1.29, 1.82) is 0 Å². The quantitative estimate of drug-likeness (QED) is 0.302. The van der Waals surface area contributed by atoms with E-state index in [0.29, 0.717) is 35.8 Å². The van der Waals surface area contributed by atoms with Gasteiger partial charge >= 0.3 is 0 Å². The summed E-state index contributed by atoms with van der Waals surface area (Å²) in [4.78, 5) is 26.1. The van der Waals surface area contributed by atoms with Crippen molar-refractivity contribution in [2.24, 2.45) is 0 Å². The van der Waals surface area contributed by atoms with Crippen LogP contribution in [-0.2, 0) is 11.8 Å². The van der Waals surface area contributed by atoms with Crippen molar-refractivity contribution in [3.05, 3.63) is 93.0 Å². The van der Waals surface area contributed by atoms with Crippen LogP contribution in [0.5, 0.6) is 17.2 Å². The molecule has 0 spiro atoms. The van der Waals surface area contributed by atoms with Gasteiger partial charge in [-0.15, -0.1) is 0 Å². The number of rotatable bonds is 7. The molecule has 1 aliphatic heterocycles. The van der Waals surface area contributed by atoms with Crippen LogP contribution in [0.15, 0.2) is 60.7 Å². The van der Waals surface area contributed by atoms with E-state index in [1.807, 2.05) is 41.3 Å². The van der Waals surface area contributed by atoms with Gasteiger partial charge in [0.1, 0.15) is 12.4 Å². The Bertz CT molecular complexity index is 1280. The molecule has 0 N–H and O–H groups in total. The smallest absolute Gasteiger partial charge is 0.269 e. The summed E-state index contributed by atoms with van der Waals surface area (Å²) in [6.45, 7) is 7.10. The highest BCUT2D eigenvalue weighted by Crippen LogP contribution is 2.39. The summed E-state index contributed by atoms with van der Waals surface area (Å²) in [5.74, 6) is 1.61. The average Bonchev–Trinajstić information content (AvgIpc) is 2.90. The molecule has 0 saturated heterocycles. The number of nitro benzene ring substituents is 1. The number of hydrogen-bond donors (Lipinski definition) is 0. The number of ether oxygens (including phenoxy) is 3. The Morgan fingerprint density at radius 2 is 1.62 bits per heavy atom. The number of hydrogen-bond acceptors (Lipinski definition) is 6. The van der Waals surface area contributed by atoms with Gasteiger partial charge in [0.2, 0.25) is 0 Å². The lowest BCUT2D eigenvalue weighted by molar-refractivity contribution is -0.384. The summed E-state index contributed by atoms with van der Waals surface area (Å²) in [5.41, 5.74) is 3.72. The number of methoxy groups -OCH3 is 2. The second-order valence-corrected chi connectivity index (χ2v) is 10.1. The van der Waals surface area contributed by atoms with Crippen LogP contribution in [0.1, 0.15) is 53.9 Å². The minimum atomic E-state index is -0.452. The molecule has 1 heterocycles. The molecule has 0 aromatic heterocycles. The number of carbonyl (C=O) groups excluding carboxylic acids is 1. The number of fused-ring (bicyclic) bond motifs is 1. The first-order valence-electron chi connectivity index (χ1n) is 12.2. The van der Waals surface area contributed by atoms with Gasteiger partial charge in [-0.25, -0.2) is 0 Å². The highest BCUT2D eigenvalue weighted by atomic mass is 16.6. The molecule has 1 atom stereocenters. The molecule has 37 heavy (non-hydrogen) atoms. The predicted octanol–water partition coefficient (Wildman–Crippen LogP) is 5.73. The normalized spacial score (nSPS) is 15.1. The molecule has 0 saturated carbocycles. The second kappa shape index (κ2) is 10.5. The first kappa shape index (κ1) is 26.0. The van der Waals surface area contributed by atoms with Crippen LogP contribution < -0.4 is 14.2 Å². The molecular formula is C29H32N2O6. The molecule has 4 rings (SSSR count). The van der Waals surface area contributed by atoms with Crippen molar-refractivity contribution in [1.82, 2.24) is 4.90 Å². The van der Waals surface area contributed by atoms with Crippen molar-refractivity contribution in [3.8, 4) is 17.2 Å². The van der Waals surface area contributed by atoms with Crippen molar-refractivity contribution in [2.45, 2.75) is 38.6 Å². The van der Waals surface area contributed by atoms with E-state index in [1.54, 1.807) is 26.4 Å². The van der Waals surface area contributed by atoms with Gasteiger partial charge in [-0.3, -0.25) is 14.9 Å². The third-order valence-corrected chi connectivity index (χ3v) is 6.72. The number of non-ortho nitro benzene ring substituents is 1. The molecule has 3 aromatic rings. The Morgan fingerprint density at radius 3 is 2.19 bits per heavy atom. The molecule has 0 radical (unpaired) electrons. The van der Waals surface area contributed by atoms with E-state index in [1.165, 1.54) is 12.1 Å². The molecule has 3 aromatic carbocycles. The Labute approximate surface area is 216 Å². The maximum Gasteiger partial charge on any atom is 0.269 e. The fraction of sp³-hybridized carbons (Fsp3) is 0.345. The molecule has 8 heteroatoms. The number of nitro groups is 1. The molecule has 1 aliphatic rings. The van der Waals surface area contributed by atoms with Crippen LogP contribution in [0.4, 0.5) is 5.69 Å². The van der Waals surface area contributed by atoms with E-state index in [-0.39, 0.29) is 23.6 Å². The van der Waals surface area contributed by atoms with Crippen LogP contribution in [0.25, 0.3) is 0 Å². The number of carbonyl (C=O) groups is 1. The largest absolute Gasteiger partial charge is 0.493 e. The van der Waals surface area contributed by atoms with Crippen LogP contribution in [0.2, 0.25) is 0 Å². The van der Waals surface area contributed by atoms with Gasteiger partial charge in [0.05, 0.1) is 25.2 Å². The van der Waals surface area contributed by atoms with Crippen molar-refractivity contribution in [3.63, 3.8) is 0 Å². The fourth-order valence-corrected chi connectivity index (χ4v) is 4.57. The topological polar surface area (TPSA) is 91.1 Å². The first-order valence-corrected chi connectivity index (χ1v) is 12.2. The highest BCUT2D eigenvalue weighted by molar-refractivity contribution is 5.94. The predicted molar refractivity (Wildman–Crippen MR) is 141 cm³/mol. The van der Waals surface area contributed by atoms with Crippen LogP contribution in [0.3, 0.4) is 0 Å². The molecule has 0 aliphatic carbocycles. The summed E-state index contributed by atoms with van der Waals surface area (Å²) in [7, 11) is 3.18. The minimum absolute atomic E-state index is 0.0114. The number of benzene rings is 3.